The van der Waals surface area contributed by atoms with Crippen molar-refractivity contribution in [3.8, 4) is 0 Å². The van der Waals surface area contributed by atoms with Crippen molar-refractivity contribution < 1.29 is 9.53 Å². The van der Waals surface area contributed by atoms with Gasteiger partial charge in [0.15, 0.2) is 0 Å². The third kappa shape index (κ3) is 1.74. The van der Waals surface area contributed by atoms with Crippen LogP contribution in [0.1, 0.15) is 15.9 Å². The SMILES string of the molecule is O=C1C(c2cccc3ccccc23)=[N+]([O-])c2c(Br)cccc21. The molecule has 3 nitrogen and oxygen atoms in total. The number of ketones is 1. The van der Waals surface area contributed by atoms with Gasteiger partial charge in [0.2, 0.25) is 5.69 Å². The number of hydrogen-bond acceptors (Lipinski definition) is 2. The molecule has 106 valence electrons. The molecule has 0 fully saturated rings. The summed E-state index contributed by atoms with van der Waals surface area (Å²) >= 11 is 3.36. The van der Waals surface area contributed by atoms with Crippen molar-refractivity contribution >= 4 is 43.9 Å². The number of carbonyl (C=O) groups excluding carboxylic acids is 1. The molecule has 0 aromatic heterocycles. The zero-order valence-corrected chi connectivity index (χ0v) is 13.0. The molecular weight excluding hydrogens is 342 g/mol. The van der Waals surface area contributed by atoms with Gasteiger partial charge in [0.1, 0.15) is 5.56 Å². The summed E-state index contributed by atoms with van der Waals surface area (Å²) in [7, 11) is 0. The van der Waals surface area contributed by atoms with Crippen molar-refractivity contribution in [3.63, 3.8) is 0 Å². The van der Waals surface area contributed by atoms with Gasteiger partial charge in [-0.3, -0.25) is 4.79 Å². The first-order valence-electron chi connectivity index (χ1n) is 6.84. The molecule has 0 aliphatic carbocycles. The molecule has 0 saturated heterocycles. The Hall–Kier alpha value is -2.46. The van der Waals surface area contributed by atoms with E-state index >= 15 is 0 Å². The normalized spacial score (nSPS) is 13.8. The summed E-state index contributed by atoms with van der Waals surface area (Å²) in [5, 5.41) is 14.6. The van der Waals surface area contributed by atoms with Crippen LogP contribution in [0.3, 0.4) is 0 Å². The molecule has 0 radical (unpaired) electrons. The number of carbonyl (C=O) groups is 1. The van der Waals surface area contributed by atoms with Gasteiger partial charge in [-0.05, 0) is 44.9 Å². The Bertz CT molecular complexity index is 970. The average Bonchev–Trinajstić information content (AvgIpc) is 2.79. The smallest absolute Gasteiger partial charge is 0.273 e. The van der Waals surface area contributed by atoms with Crippen molar-refractivity contribution in [2.45, 2.75) is 0 Å². The van der Waals surface area contributed by atoms with Crippen LogP contribution in [0.25, 0.3) is 10.8 Å². The summed E-state index contributed by atoms with van der Waals surface area (Å²) in [5.41, 5.74) is 1.67. The van der Waals surface area contributed by atoms with Crippen LogP contribution in [0.15, 0.2) is 65.1 Å². The summed E-state index contributed by atoms with van der Waals surface area (Å²) in [6.07, 6.45) is 0. The highest BCUT2D eigenvalue weighted by molar-refractivity contribution is 9.10. The topological polar surface area (TPSA) is 43.1 Å². The van der Waals surface area contributed by atoms with Gasteiger partial charge in [-0.25, -0.2) is 0 Å². The van der Waals surface area contributed by atoms with Gasteiger partial charge in [0.05, 0.1) is 10.0 Å². The van der Waals surface area contributed by atoms with Crippen molar-refractivity contribution in [1.29, 1.82) is 0 Å². The molecule has 0 bridgehead atoms. The maximum atomic E-state index is 12.7. The van der Waals surface area contributed by atoms with Gasteiger partial charge in [-0.2, -0.15) is 4.74 Å². The Kier molecular flexibility index (Phi) is 2.87. The van der Waals surface area contributed by atoms with Crippen LogP contribution in [-0.2, 0) is 0 Å². The lowest BCUT2D eigenvalue weighted by Gasteiger charge is -2.06. The first kappa shape index (κ1) is 13.2. The summed E-state index contributed by atoms with van der Waals surface area (Å²) in [5.74, 6) is -0.234. The van der Waals surface area contributed by atoms with Crippen LogP contribution in [0.2, 0.25) is 0 Å². The molecule has 0 atom stereocenters. The molecule has 3 aromatic carbocycles. The second-order valence-corrected chi connectivity index (χ2v) is 5.99. The zero-order valence-electron chi connectivity index (χ0n) is 11.4. The third-order valence-electron chi connectivity index (χ3n) is 3.90. The zero-order chi connectivity index (χ0) is 15.3. The molecule has 1 heterocycles. The molecule has 1 aliphatic rings. The van der Waals surface area contributed by atoms with E-state index in [-0.39, 0.29) is 11.5 Å². The highest BCUT2D eigenvalue weighted by Gasteiger charge is 2.38. The molecular formula is C18H10BrNO2. The van der Waals surface area contributed by atoms with E-state index in [2.05, 4.69) is 15.9 Å². The number of Topliss-reactive ketones (excluding diaryl/α,β-unsaturated/α-hetero) is 1. The standard InChI is InChI=1S/C18H10BrNO2/c19-15-10-4-9-14-16(15)20(22)17(18(14)21)13-8-3-6-11-5-1-2-7-12(11)13/h1-10H. The maximum Gasteiger partial charge on any atom is 0.273 e. The second kappa shape index (κ2) is 4.78. The minimum atomic E-state index is -0.234. The summed E-state index contributed by atoms with van der Waals surface area (Å²) in [6, 6.07) is 18.6. The Balaban J connectivity index is 2.05. The fourth-order valence-corrected chi connectivity index (χ4v) is 3.43. The van der Waals surface area contributed by atoms with Gasteiger partial charge in [0.25, 0.3) is 11.5 Å². The van der Waals surface area contributed by atoms with Crippen LogP contribution in [0, 0.1) is 5.21 Å². The first-order valence-corrected chi connectivity index (χ1v) is 7.63. The van der Waals surface area contributed by atoms with Crippen LogP contribution in [0.4, 0.5) is 5.69 Å². The number of rotatable bonds is 1. The fourth-order valence-electron chi connectivity index (χ4n) is 2.90. The van der Waals surface area contributed by atoms with E-state index in [1.165, 1.54) is 0 Å². The summed E-state index contributed by atoms with van der Waals surface area (Å²) in [6.45, 7) is 0. The predicted octanol–water partition coefficient (Wildman–Crippen LogP) is 4.43. The first-order chi connectivity index (χ1) is 10.7. The molecule has 4 heteroatoms. The van der Waals surface area contributed by atoms with E-state index < -0.39 is 0 Å². The molecule has 4 rings (SSSR count). The molecule has 0 amide bonds. The van der Waals surface area contributed by atoms with Gasteiger partial charge < -0.3 is 5.21 Å². The van der Waals surface area contributed by atoms with E-state index in [9.17, 15) is 10.0 Å². The Labute approximate surface area is 135 Å². The predicted molar refractivity (Wildman–Crippen MR) is 89.8 cm³/mol. The molecule has 0 saturated carbocycles. The quantitative estimate of drug-likeness (QED) is 0.480. The lowest BCUT2D eigenvalue weighted by Crippen LogP contribution is -2.17. The van der Waals surface area contributed by atoms with E-state index in [0.717, 1.165) is 15.5 Å². The van der Waals surface area contributed by atoms with E-state index in [1.54, 1.807) is 18.2 Å². The largest absolute Gasteiger partial charge is 0.618 e. The molecule has 0 spiro atoms. The Morgan fingerprint density at radius 1 is 0.864 bits per heavy atom. The molecule has 0 unspecified atom stereocenters. The minimum Gasteiger partial charge on any atom is -0.618 e. The number of halogens is 1. The van der Waals surface area contributed by atoms with Gasteiger partial charge in [-0.15, -0.1) is 0 Å². The molecule has 1 aliphatic heterocycles. The number of fused-ring (bicyclic) bond motifs is 2. The average molecular weight is 352 g/mol. The van der Waals surface area contributed by atoms with Gasteiger partial charge >= 0.3 is 0 Å². The van der Waals surface area contributed by atoms with E-state index in [0.29, 0.717) is 21.3 Å². The van der Waals surface area contributed by atoms with Gasteiger partial charge in [-0.1, -0.05) is 42.5 Å². The van der Waals surface area contributed by atoms with E-state index in [1.807, 2.05) is 42.5 Å². The molecule has 22 heavy (non-hydrogen) atoms. The Morgan fingerprint density at radius 2 is 1.55 bits per heavy atom. The van der Waals surface area contributed by atoms with Crippen molar-refractivity contribution in [2.24, 2.45) is 0 Å². The highest BCUT2D eigenvalue weighted by Crippen LogP contribution is 2.35. The molecule has 0 N–H and O–H groups in total. The van der Waals surface area contributed by atoms with E-state index in [4.69, 9.17) is 0 Å². The number of benzene rings is 3. The number of hydrogen-bond donors (Lipinski definition) is 0. The lowest BCUT2D eigenvalue weighted by molar-refractivity contribution is -0.356. The van der Waals surface area contributed by atoms with Crippen molar-refractivity contribution in [1.82, 2.24) is 0 Å². The summed E-state index contributed by atoms with van der Waals surface area (Å²) < 4.78 is 1.37. The highest BCUT2D eigenvalue weighted by atomic mass is 79.9. The third-order valence-corrected chi connectivity index (χ3v) is 4.54. The lowest BCUT2D eigenvalue weighted by atomic mass is 9.97. The van der Waals surface area contributed by atoms with Crippen molar-refractivity contribution in [2.75, 3.05) is 0 Å². The second-order valence-electron chi connectivity index (χ2n) is 5.13. The minimum absolute atomic E-state index is 0.179. The van der Waals surface area contributed by atoms with Gasteiger partial charge in [0, 0.05) is 0 Å². The van der Waals surface area contributed by atoms with Crippen molar-refractivity contribution in [3.05, 3.63) is 81.5 Å². The molecule has 3 aromatic rings. The Morgan fingerprint density at radius 3 is 2.36 bits per heavy atom. The fraction of sp³-hybridized carbons (Fsp3) is 0. The van der Waals surface area contributed by atoms with Crippen LogP contribution in [0.5, 0.6) is 0 Å². The van der Waals surface area contributed by atoms with Crippen LogP contribution >= 0.6 is 15.9 Å². The number of para-hydroxylation sites is 1. The maximum absolute atomic E-state index is 12.7. The number of nitrogens with zero attached hydrogens (tertiary/aromatic N) is 1. The van der Waals surface area contributed by atoms with Crippen LogP contribution in [-0.4, -0.2) is 16.2 Å². The monoisotopic (exact) mass is 351 g/mol. The van der Waals surface area contributed by atoms with Crippen LogP contribution < -0.4 is 0 Å². The summed E-state index contributed by atoms with van der Waals surface area (Å²) in [4.78, 5) is 12.7.